The van der Waals surface area contributed by atoms with Crippen LogP contribution in [0, 0.1) is 0 Å². The summed E-state index contributed by atoms with van der Waals surface area (Å²) in [5, 5.41) is 0. The number of nitrogens with zero attached hydrogens (tertiary/aromatic N) is 2. The molecule has 0 atom stereocenters. The highest BCUT2D eigenvalue weighted by Gasteiger charge is 2.32. The first-order valence-electron chi connectivity index (χ1n) is 6.42. The van der Waals surface area contributed by atoms with Crippen LogP contribution in [0.1, 0.15) is 50.7 Å². The maximum atomic E-state index is 12.5. The number of carbonyl (C=O) groups excluding carboxylic acids is 1. The molecule has 1 aromatic heterocycles. The number of hydrogen-bond acceptors (Lipinski definition) is 3. The third-order valence-corrected chi connectivity index (χ3v) is 3.10. The molecule has 2 heterocycles. The summed E-state index contributed by atoms with van der Waals surface area (Å²) < 4.78 is 5.59. The first-order chi connectivity index (χ1) is 8.71. The van der Waals surface area contributed by atoms with Gasteiger partial charge in [-0.05, 0) is 26.5 Å². The normalized spacial score (nSPS) is 15.6. The van der Waals surface area contributed by atoms with E-state index in [2.05, 4.69) is 32.3 Å². The SMILES string of the molecule is C=C1Oc2cnc(C(C)(C)C)cc2C(=O)N1C(C)C. The maximum Gasteiger partial charge on any atom is 0.264 e. The summed E-state index contributed by atoms with van der Waals surface area (Å²) in [5.74, 6) is 0.770. The minimum atomic E-state index is -0.105. The van der Waals surface area contributed by atoms with E-state index in [0.717, 1.165) is 5.69 Å². The lowest BCUT2D eigenvalue weighted by atomic mass is 9.90. The van der Waals surface area contributed by atoms with Gasteiger partial charge in [-0.1, -0.05) is 20.8 Å². The van der Waals surface area contributed by atoms with Gasteiger partial charge in [0.2, 0.25) is 0 Å². The topological polar surface area (TPSA) is 42.4 Å². The maximum absolute atomic E-state index is 12.5. The van der Waals surface area contributed by atoms with Crippen LogP contribution in [0.2, 0.25) is 0 Å². The second-order valence-corrected chi connectivity index (χ2v) is 6.08. The number of pyridine rings is 1. The number of aromatic nitrogens is 1. The Labute approximate surface area is 114 Å². The van der Waals surface area contributed by atoms with Gasteiger partial charge in [0.05, 0.1) is 11.8 Å². The van der Waals surface area contributed by atoms with Crippen LogP contribution < -0.4 is 4.74 Å². The Morgan fingerprint density at radius 1 is 1.37 bits per heavy atom. The van der Waals surface area contributed by atoms with Gasteiger partial charge in [-0.25, -0.2) is 0 Å². The summed E-state index contributed by atoms with van der Waals surface area (Å²) in [6.45, 7) is 13.9. The Kier molecular flexibility index (Phi) is 3.12. The van der Waals surface area contributed by atoms with Crippen LogP contribution >= 0.6 is 0 Å². The molecule has 4 nitrogen and oxygen atoms in total. The van der Waals surface area contributed by atoms with E-state index in [1.165, 1.54) is 0 Å². The molecule has 0 fully saturated rings. The number of carbonyl (C=O) groups is 1. The van der Waals surface area contributed by atoms with Crippen molar-refractivity contribution in [1.82, 2.24) is 9.88 Å². The summed E-state index contributed by atoms with van der Waals surface area (Å²) in [4.78, 5) is 18.4. The number of rotatable bonds is 1. The number of fused-ring (bicyclic) bond motifs is 1. The van der Waals surface area contributed by atoms with Gasteiger partial charge in [0.25, 0.3) is 5.91 Å². The Morgan fingerprint density at radius 3 is 2.53 bits per heavy atom. The summed E-state index contributed by atoms with van der Waals surface area (Å²) in [7, 11) is 0. The molecule has 0 bridgehead atoms. The van der Waals surface area contributed by atoms with Crippen LogP contribution in [-0.2, 0) is 5.41 Å². The van der Waals surface area contributed by atoms with Gasteiger partial charge in [0, 0.05) is 17.2 Å². The van der Waals surface area contributed by atoms with Crippen LogP contribution in [0.5, 0.6) is 5.75 Å². The number of amides is 1. The highest BCUT2D eigenvalue weighted by atomic mass is 16.5. The molecule has 0 unspecified atom stereocenters. The lowest BCUT2D eigenvalue weighted by Crippen LogP contribution is -2.41. The molecular weight excluding hydrogens is 240 g/mol. The second-order valence-electron chi connectivity index (χ2n) is 6.08. The van der Waals surface area contributed by atoms with Crippen molar-refractivity contribution in [2.45, 2.75) is 46.1 Å². The Bertz CT molecular complexity index is 542. The van der Waals surface area contributed by atoms with Gasteiger partial charge in [-0.15, -0.1) is 0 Å². The molecule has 102 valence electrons. The van der Waals surface area contributed by atoms with Crippen molar-refractivity contribution >= 4 is 5.91 Å². The average Bonchev–Trinajstić information content (AvgIpc) is 2.26. The fourth-order valence-electron chi connectivity index (χ4n) is 2.04. The largest absolute Gasteiger partial charge is 0.439 e. The molecule has 0 N–H and O–H groups in total. The summed E-state index contributed by atoms with van der Waals surface area (Å²) in [5.41, 5.74) is 1.33. The average molecular weight is 260 g/mol. The number of hydrogen-bond donors (Lipinski definition) is 0. The van der Waals surface area contributed by atoms with E-state index in [0.29, 0.717) is 17.2 Å². The first kappa shape index (κ1) is 13.6. The predicted octanol–water partition coefficient (Wildman–Crippen LogP) is 3.09. The van der Waals surface area contributed by atoms with E-state index in [1.54, 1.807) is 11.1 Å². The molecule has 1 aliphatic heterocycles. The summed E-state index contributed by atoms with van der Waals surface area (Å²) in [6.07, 6.45) is 1.61. The van der Waals surface area contributed by atoms with E-state index in [9.17, 15) is 4.79 Å². The molecule has 0 saturated heterocycles. The van der Waals surface area contributed by atoms with E-state index >= 15 is 0 Å². The van der Waals surface area contributed by atoms with Crippen molar-refractivity contribution in [2.75, 3.05) is 0 Å². The first-order valence-corrected chi connectivity index (χ1v) is 6.42. The lowest BCUT2D eigenvalue weighted by molar-refractivity contribution is 0.0640. The molecule has 4 heteroatoms. The highest BCUT2D eigenvalue weighted by molar-refractivity contribution is 5.99. The van der Waals surface area contributed by atoms with Crippen LogP contribution in [0.3, 0.4) is 0 Å². The van der Waals surface area contributed by atoms with Crippen LogP contribution in [0.25, 0.3) is 0 Å². The molecule has 1 aromatic rings. The zero-order chi connectivity index (χ0) is 14.4. The van der Waals surface area contributed by atoms with Gasteiger partial charge < -0.3 is 4.74 Å². The second kappa shape index (κ2) is 4.37. The molecule has 0 aliphatic carbocycles. The standard InChI is InChI=1S/C15H20N2O2/c1-9(2)17-10(3)19-12-8-16-13(15(4,5)6)7-11(12)14(17)18/h7-9H,3H2,1-2,4-6H3. The molecule has 1 amide bonds. The van der Waals surface area contributed by atoms with Gasteiger partial charge in [0.15, 0.2) is 11.6 Å². The van der Waals surface area contributed by atoms with E-state index in [-0.39, 0.29) is 17.4 Å². The van der Waals surface area contributed by atoms with Gasteiger partial charge in [-0.2, -0.15) is 0 Å². The highest BCUT2D eigenvalue weighted by Crippen LogP contribution is 2.32. The zero-order valence-corrected chi connectivity index (χ0v) is 12.2. The fraction of sp³-hybridized carbons (Fsp3) is 0.467. The van der Waals surface area contributed by atoms with Crippen molar-refractivity contribution in [3.8, 4) is 5.75 Å². The monoisotopic (exact) mass is 260 g/mol. The molecule has 19 heavy (non-hydrogen) atoms. The van der Waals surface area contributed by atoms with Crippen LogP contribution in [0.15, 0.2) is 24.7 Å². The van der Waals surface area contributed by atoms with Gasteiger partial charge in [-0.3, -0.25) is 14.7 Å². The van der Waals surface area contributed by atoms with Crippen molar-refractivity contribution in [1.29, 1.82) is 0 Å². The molecule has 1 aliphatic rings. The van der Waals surface area contributed by atoms with E-state index in [1.807, 2.05) is 19.9 Å². The quantitative estimate of drug-likeness (QED) is 0.779. The summed E-state index contributed by atoms with van der Waals surface area (Å²) >= 11 is 0. The third kappa shape index (κ3) is 2.35. The molecule has 2 rings (SSSR count). The van der Waals surface area contributed by atoms with Crippen molar-refractivity contribution in [3.63, 3.8) is 0 Å². The van der Waals surface area contributed by atoms with Crippen molar-refractivity contribution in [2.24, 2.45) is 0 Å². The molecule has 0 spiro atoms. The van der Waals surface area contributed by atoms with Crippen LogP contribution in [0.4, 0.5) is 0 Å². The van der Waals surface area contributed by atoms with E-state index in [4.69, 9.17) is 4.74 Å². The molecule has 0 radical (unpaired) electrons. The molecule has 0 aromatic carbocycles. The van der Waals surface area contributed by atoms with E-state index < -0.39 is 0 Å². The Morgan fingerprint density at radius 2 is 2.00 bits per heavy atom. The molecular formula is C15H20N2O2. The Hall–Kier alpha value is -1.84. The van der Waals surface area contributed by atoms with Gasteiger partial charge in [0.1, 0.15) is 0 Å². The van der Waals surface area contributed by atoms with Crippen molar-refractivity contribution < 1.29 is 9.53 Å². The lowest BCUT2D eigenvalue weighted by Gasteiger charge is -2.33. The minimum absolute atomic E-state index is 0.0133. The Balaban J connectivity index is 2.51. The smallest absolute Gasteiger partial charge is 0.264 e. The van der Waals surface area contributed by atoms with Crippen molar-refractivity contribution in [3.05, 3.63) is 36.0 Å². The summed E-state index contributed by atoms with van der Waals surface area (Å²) in [6, 6.07) is 1.83. The fourth-order valence-corrected chi connectivity index (χ4v) is 2.04. The van der Waals surface area contributed by atoms with Crippen LogP contribution in [-0.4, -0.2) is 21.8 Å². The predicted molar refractivity (Wildman–Crippen MR) is 74.0 cm³/mol. The minimum Gasteiger partial charge on any atom is -0.439 e. The third-order valence-electron chi connectivity index (χ3n) is 3.10. The van der Waals surface area contributed by atoms with Gasteiger partial charge >= 0.3 is 0 Å². The zero-order valence-electron chi connectivity index (χ0n) is 12.2. The number of ether oxygens (including phenoxy) is 1. The molecule has 0 saturated carbocycles.